The minimum Gasteiger partial charge on any atom is -0.444 e. The highest BCUT2D eigenvalue weighted by Crippen LogP contribution is 2.23. The Bertz CT molecular complexity index is 548. The van der Waals surface area contributed by atoms with Crippen LogP contribution in [0.1, 0.15) is 33.6 Å². The molecule has 1 saturated heterocycles. The molecule has 0 radical (unpaired) electrons. The summed E-state index contributed by atoms with van der Waals surface area (Å²) < 4.78 is 19.1. The minimum absolute atomic E-state index is 0.108. The van der Waals surface area contributed by atoms with Crippen molar-refractivity contribution in [3.63, 3.8) is 0 Å². The number of aromatic nitrogens is 1. The molecule has 1 atom stereocenters. The second-order valence-electron chi connectivity index (χ2n) is 6.37. The van der Waals surface area contributed by atoms with Gasteiger partial charge in [0.15, 0.2) is 11.6 Å². The predicted octanol–water partition coefficient (Wildman–Crippen LogP) is 3.37. The molecule has 1 aromatic rings. The number of carbonyl (C=O) groups excluding carboxylic acids is 1. The highest BCUT2D eigenvalue weighted by molar-refractivity contribution is 6.29. The number of carbonyl (C=O) groups is 1. The Hall–Kier alpha value is -1.56. The summed E-state index contributed by atoms with van der Waals surface area (Å²) in [6.07, 6.45) is 1.19. The van der Waals surface area contributed by atoms with E-state index in [1.54, 1.807) is 4.90 Å². The lowest BCUT2D eigenvalue weighted by molar-refractivity contribution is 0.0500. The Morgan fingerprint density at radius 3 is 2.91 bits per heavy atom. The molecule has 0 aliphatic carbocycles. The zero-order valence-electron chi connectivity index (χ0n) is 13.0. The quantitative estimate of drug-likeness (QED) is 0.845. The molecule has 22 heavy (non-hydrogen) atoms. The number of anilines is 1. The zero-order valence-corrected chi connectivity index (χ0v) is 13.8. The highest BCUT2D eigenvalue weighted by Gasteiger charge is 2.26. The summed E-state index contributed by atoms with van der Waals surface area (Å²) >= 11 is 5.84. The molecule has 1 aromatic heterocycles. The molecule has 2 heterocycles. The number of hydrogen-bond acceptors (Lipinski definition) is 4. The van der Waals surface area contributed by atoms with Gasteiger partial charge < -0.3 is 15.0 Å². The zero-order chi connectivity index (χ0) is 16.3. The van der Waals surface area contributed by atoms with Crippen LogP contribution in [0.2, 0.25) is 5.15 Å². The third-order valence-electron chi connectivity index (χ3n) is 3.24. The number of pyridine rings is 1. The molecule has 1 amide bonds. The smallest absolute Gasteiger partial charge is 0.407 e. The number of ether oxygens (including phenoxy) is 1. The summed E-state index contributed by atoms with van der Waals surface area (Å²) in [7, 11) is 0. The van der Waals surface area contributed by atoms with E-state index in [0.29, 0.717) is 13.1 Å². The number of amides is 1. The molecule has 1 N–H and O–H groups in total. The highest BCUT2D eigenvalue weighted by atomic mass is 35.5. The molecule has 0 saturated carbocycles. The summed E-state index contributed by atoms with van der Waals surface area (Å²) in [4.78, 5) is 17.7. The first-order valence-corrected chi connectivity index (χ1v) is 7.69. The number of nitrogens with one attached hydrogen (secondary N) is 1. The fourth-order valence-electron chi connectivity index (χ4n) is 2.39. The monoisotopic (exact) mass is 329 g/mol. The second-order valence-corrected chi connectivity index (χ2v) is 6.76. The Morgan fingerprint density at radius 2 is 2.23 bits per heavy atom. The first-order valence-electron chi connectivity index (χ1n) is 7.31. The molecule has 0 aromatic carbocycles. The van der Waals surface area contributed by atoms with E-state index in [4.69, 9.17) is 16.3 Å². The van der Waals surface area contributed by atoms with Crippen LogP contribution in [-0.4, -0.2) is 35.8 Å². The number of rotatable bonds is 2. The van der Waals surface area contributed by atoms with Crippen LogP contribution in [0.4, 0.5) is 15.0 Å². The third kappa shape index (κ3) is 4.73. The van der Waals surface area contributed by atoms with Gasteiger partial charge in [-0.3, -0.25) is 0 Å². The van der Waals surface area contributed by atoms with Crippen molar-refractivity contribution < 1.29 is 13.9 Å². The first kappa shape index (κ1) is 16.8. The summed E-state index contributed by atoms with van der Waals surface area (Å²) in [5, 5.41) is 3.07. The van der Waals surface area contributed by atoms with Gasteiger partial charge in [-0.15, -0.1) is 0 Å². The molecular formula is C15H21ClFN3O2. The maximum absolute atomic E-state index is 13.9. The van der Waals surface area contributed by atoms with Gasteiger partial charge in [-0.25, -0.2) is 14.2 Å². The Labute approximate surface area is 134 Å². The van der Waals surface area contributed by atoms with Gasteiger partial charge in [0.1, 0.15) is 10.8 Å². The molecule has 1 fully saturated rings. The van der Waals surface area contributed by atoms with Crippen LogP contribution in [0.25, 0.3) is 0 Å². The summed E-state index contributed by atoms with van der Waals surface area (Å²) in [6.45, 7) is 6.58. The molecular weight excluding hydrogens is 309 g/mol. The fourth-order valence-corrected chi connectivity index (χ4v) is 2.53. The van der Waals surface area contributed by atoms with Gasteiger partial charge in [0.05, 0.1) is 0 Å². The second kappa shape index (κ2) is 6.69. The van der Waals surface area contributed by atoms with Gasteiger partial charge in [0.25, 0.3) is 0 Å². The average molecular weight is 330 g/mol. The van der Waals surface area contributed by atoms with Gasteiger partial charge in [-0.05, 0) is 45.7 Å². The Morgan fingerprint density at radius 1 is 1.50 bits per heavy atom. The lowest BCUT2D eigenvalue weighted by Crippen LogP contribution is -2.49. The van der Waals surface area contributed by atoms with E-state index in [9.17, 15) is 9.18 Å². The molecule has 0 spiro atoms. The minimum atomic E-state index is -0.543. The molecule has 0 unspecified atom stereocenters. The number of piperidine rings is 1. The molecule has 2 rings (SSSR count). The Kier molecular flexibility index (Phi) is 5.11. The van der Waals surface area contributed by atoms with Crippen molar-refractivity contribution in [1.82, 2.24) is 10.3 Å². The van der Waals surface area contributed by atoms with Crippen LogP contribution in [0, 0.1) is 5.82 Å². The van der Waals surface area contributed by atoms with E-state index in [-0.39, 0.29) is 17.0 Å². The van der Waals surface area contributed by atoms with Crippen LogP contribution in [0.15, 0.2) is 12.1 Å². The molecule has 1 aliphatic heterocycles. The van der Waals surface area contributed by atoms with Crippen molar-refractivity contribution in [2.45, 2.75) is 45.3 Å². The van der Waals surface area contributed by atoms with Crippen molar-refractivity contribution in [2.75, 3.05) is 18.0 Å². The van der Waals surface area contributed by atoms with Crippen molar-refractivity contribution >= 4 is 23.5 Å². The average Bonchev–Trinajstić information content (AvgIpc) is 2.39. The molecule has 1 aliphatic rings. The van der Waals surface area contributed by atoms with E-state index < -0.39 is 17.5 Å². The summed E-state index contributed by atoms with van der Waals surface area (Å²) in [5.74, 6) is -0.189. The normalized spacial score (nSPS) is 19.0. The van der Waals surface area contributed by atoms with Gasteiger partial charge in [0, 0.05) is 19.1 Å². The van der Waals surface area contributed by atoms with Crippen LogP contribution >= 0.6 is 11.6 Å². The van der Waals surface area contributed by atoms with Crippen molar-refractivity contribution in [2.24, 2.45) is 0 Å². The molecule has 7 heteroatoms. The van der Waals surface area contributed by atoms with Gasteiger partial charge in [-0.2, -0.15) is 0 Å². The van der Waals surface area contributed by atoms with Crippen LogP contribution in [0.3, 0.4) is 0 Å². The van der Waals surface area contributed by atoms with Crippen molar-refractivity contribution in [3.8, 4) is 0 Å². The molecule has 122 valence electrons. The van der Waals surface area contributed by atoms with Gasteiger partial charge in [0.2, 0.25) is 0 Å². The van der Waals surface area contributed by atoms with Crippen LogP contribution in [-0.2, 0) is 4.74 Å². The van der Waals surface area contributed by atoms with Crippen molar-refractivity contribution in [3.05, 3.63) is 23.1 Å². The maximum Gasteiger partial charge on any atom is 0.407 e. The summed E-state index contributed by atoms with van der Waals surface area (Å²) in [5.41, 5.74) is -0.543. The summed E-state index contributed by atoms with van der Waals surface area (Å²) in [6, 6.07) is 2.61. The van der Waals surface area contributed by atoms with Gasteiger partial charge in [-0.1, -0.05) is 11.6 Å². The van der Waals surface area contributed by atoms with Crippen molar-refractivity contribution in [1.29, 1.82) is 0 Å². The fraction of sp³-hybridized carbons (Fsp3) is 0.600. The molecule has 0 bridgehead atoms. The Balaban J connectivity index is 2.00. The van der Waals surface area contributed by atoms with E-state index in [1.165, 1.54) is 12.1 Å². The number of nitrogens with zero attached hydrogens (tertiary/aromatic N) is 2. The largest absolute Gasteiger partial charge is 0.444 e. The topological polar surface area (TPSA) is 54.5 Å². The predicted molar refractivity (Wildman–Crippen MR) is 83.8 cm³/mol. The molecule has 5 nitrogen and oxygen atoms in total. The number of alkyl carbamates (subject to hydrolysis) is 1. The van der Waals surface area contributed by atoms with E-state index in [0.717, 1.165) is 12.8 Å². The van der Waals surface area contributed by atoms with E-state index >= 15 is 0 Å². The third-order valence-corrected chi connectivity index (χ3v) is 3.45. The standard InChI is InChI=1S/C15H21ClFN3O2/c1-15(2,3)22-14(21)18-10-5-4-8-20(9-10)13-11(17)6-7-12(16)19-13/h6-7,10H,4-5,8-9H2,1-3H3,(H,18,21)/t10-/m0/s1. The van der Waals surface area contributed by atoms with Crippen LogP contribution < -0.4 is 10.2 Å². The lowest BCUT2D eigenvalue weighted by Gasteiger charge is -2.34. The maximum atomic E-state index is 13.9. The van der Waals surface area contributed by atoms with Gasteiger partial charge >= 0.3 is 6.09 Å². The SMILES string of the molecule is CC(C)(C)OC(=O)N[C@H]1CCCN(c2nc(Cl)ccc2F)C1. The lowest BCUT2D eigenvalue weighted by atomic mass is 10.1. The van der Waals surface area contributed by atoms with Crippen LogP contribution in [0.5, 0.6) is 0 Å². The van der Waals surface area contributed by atoms with E-state index in [2.05, 4.69) is 10.3 Å². The number of hydrogen-bond donors (Lipinski definition) is 1. The number of halogens is 2. The first-order chi connectivity index (χ1) is 10.2. The van der Waals surface area contributed by atoms with E-state index in [1.807, 2.05) is 20.8 Å².